The third-order valence-corrected chi connectivity index (χ3v) is 4.41. The summed E-state index contributed by atoms with van der Waals surface area (Å²) in [5, 5.41) is 0. The number of carbonyl (C=O) groups is 2. The summed E-state index contributed by atoms with van der Waals surface area (Å²) in [6, 6.07) is 0. The second kappa shape index (κ2) is 4.31. The lowest BCUT2D eigenvalue weighted by Crippen LogP contribution is -2.48. The molecule has 0 amide bonds. The van der Waals surface area contributed by atoms with Gasteiger partial charge in [0.2, 0.25) is 0 Å². The van der Waals surface area contributed by atoms with Crippen LogP contribution in [-0.2, 0) is 9.59 Å². The van der Waals surface area contributed by atoms with Crippen LogP contribution in [0.5, 0.6) is 0 Å². The predicted molar refractivity (Wildman–Crippen MR) is 65.1 cm³/mol. The van der Waals surface area contributed by atoms with Gasteiger partial charge in [-0.1, -0.05) is 41.5 Å². The van der Waals surface area contributed by atoms with E-state index in [4.69, 9.17) is 0 Å². The number of ketones is 2. The molecule has 0 aromatic carbocycles. The largest absolute Gasteiger partial charge is 0.299 e. The Labute approximate surface area is 98.8 Å². The predicted octanol–water partition coefficient (Wildman–Crippen LogP) is 3.10. The molecule has 16 heavy (non-hydrogen) atoms. The van der Waals surface area contributed by atoms with Gasteiger partial charge < -0.3 is 0 Å². The van der Waals surface area contributed by atoms with Crippen LogP contribution in [0.3, 0.4) is 0 Å². The van der Waals surface area contributed by atoms with E-state index in [1.54, 1.807) is 0 Å². The highest BCUT2D eigenvalue weighted by atomic mass is 16.1. The van der Waals surface area contributed by atoms with E-state index in [0.717, 1.165) is 0 Å². The third kappa shape index (κ3) is 2.07. The number of hydrogen-bond acceptors (Lipinski definition) is 2. The Bertz CT molecular complexity index is 302. The van der Waals surface area contributed by atoms with Crippen molar-refractivity contribution < 1.29 is 9.59 Å². The number of Topliss-reactive ketones (excluding diaryl/α,β-unsaturated/α-hetero) is 2. The first-order valence-corrected chi connectivity index (χ1v) is 6.26. The number of hydrogen-bond donors (Lipinski definition) is 0. The Kier molecular flexibility index (Phi) is 3.61. The molecule has 1 aliphatic rings. The summed E-state index contributed by atoms with van der Waals surface area (Å²) in [5.74, 6) is 1.09. The summed E-state index contributed by atoms with van der Waals surface area (Å²) >= 11 is 0. The van der Waals surface area contributed by atoms with E-state index in [1.165, 1.54) is 0 Å². The standard InChI is InChI=1S/C14H24O2/c1-8(2)13(16)12-9(3)7-11(15)14(5,6)10(12)4/h8-10,12H,7H2,1-6H3. The van der Waals surface area contributed by atoms with Crippen molar-refractivity contribution in [2.75, 3.05) is 0 Å². The van der Waals surface area contributed by atoms with Crippen LogP contribution in [-0.4, -0.2) is 11.6 Å². The van der Waals surface area contributed by atoms with Gasteiger partial charge in [-0.25, -0.2) is 0 Å². The van der Waals surface area contributed by atoms with E-state index in [-0.39, 0.29) is 29.1 Å². The lowest BCUT2D eigenvalue weighted by atomic mass is 9.58. The minimum atomic E-state index is -0.346. The Hall–Kier alpha value is -0.660. The van der Waals surface area contributed by atoms with Gasteiger partial charge in [-0.3, -0.25) is 9.59 Å². The SMILES string of the molecule is CC(C)C(=O)C1C(C)CC(=O)C(C)(C)C1C. The molecule has 0 aliphatic heterocycles. The van der Waals surface area contributed by atoms with Crippen LogP contribution in [0, 0.1) is 29.1 Å². The summed E-state index contributed by atoms with van der Waals surface area (Å²) in [7, 11) is 0. The average molecular weight is 224 g/mol. The summed E-state index contributed by atoms with van der Waals surface area (Å²) in [6.07, 6.45) is 0.556. The quantitative estimate of drug-likeness (QED) is 0.722. The first-order valence-electron chi connectivity index (χ1n) is 6.26. The van der Waals surface area contributed by atoms with Gasteiger partial charge in [-0.2, -0.15) is 0 Å². The van der Waals surface area contributed by atoms with E-state index >= 15 is 0 Å². The zero-order valence-corrected chi connectivity index (χ0v) is 11.3. The molecule has 2 nitrogen and oxygen atoms in total. The van der Waals surface area contributed by atoms with Gasteiger partial charge in [0, 0.05) is 23.7 Å². The van der Waals surface area contributed by atoms with Crippen LogP contribution in [0.15, 0.2) is 0 Å². The van der Waals surface area contributed by atoms with Crippen LogP contribution in [0.1, 0.15) is 48.0 Å². The monoisotopic (exact) mass is 224 g/mol. The van der Waals surface area contributed by atoms with E-state index < -0.39 is 0 Å². The van der Waals surface area contributed by atoms with Crippen molar-refractivity contribution in [1.29, 1.82) is 0 Å². The molecule has 3 atom stereocenters. The normalized spacial score (nSPS) is 34.2. The lowest BCUT2D eigenvalue weighted by molar-refractivity contribution is -0.144. The molecule has 0 aromatic rings. The molecule has 1 rings (SSSR count). The fourth-order valence-corrected chi connectivity index (χ4v) is 2.79. The lowest BCUT2D eigenvalue weighted by Gasteiger charge is -2.44. The van der Waals surface area contributed by atoms with Gasteiger partial charge in [0.15, 0.2) is 0 Å². The maximum absolute atomic E-state index is 12.2. The van der Waals surface area contributed by atoms with Crippen molar-refractivity contribution in [3.8, 4) is 0 Å². The molecule has 0 aromatic heterocycles. The minimum absolute atomic E-state index is 0.0488. The van der Waals surface area contributed by atoms with Crippen molar-refractivity contribution in [3.63, 3.8) is 0 Å². The summed E-state index contributed by atoms with van der Waals surface area (Å²) in [4.78, 5) is 24.2. The second-order valence-electron chi connectivity index (χ2n) is 6.20. The van der Waals surface area contributed by atoms with Gasteiger partial charge in [0.1, 0.15) is 11.6 Å². The Morgan fingerprint density at radius 2 is 1.81 bits per heavy atom. The Balaban J connectivity index is 3.01. The van der Waals surface area contributed by atoms with Gasteiger partial charge in [-0.05, 0) is 11.8 Å². The number of carbonyl (C=O) groups excluding carboxylic acids is 2. The van der Waals surface area contributed by atoms with E-state index in [9.17, 15) is 9.59 Å². The smallest absolute Gasteiger partial charge is 0.139 e. The van der Waals surface area contributed by atoms with Crippen LogP contribution in [0.2, 0.25) is 0 Å². The molecule has 1 saturated carbocycles. The first kappa shape index (κ1) is 13.4. The van der Waals surface area contributed by atoms with Gasteiger partial charge in [-0.15, -0.1) is 0 Å². The zero-order valence-electron chi connectivity index (χ0n) is 11.3. The zero-order chi connectivity index (χ0) is 12.7. The highest BCUT2D eigenvalue weighted by Gasteiger charge is 2.48. The molecule has 0 saturated heterocycles. The third-order valence-electron chi connectivity index (χ3n) is 4.41. The molecular weight excluding hydrogens is 200 g/mol. The molecule has 0 spiro atoms. The fraction of sp³-hybridized carbons (Fsp3) is 0.857. The summed E-state index contributed by atoms with van der Waals surface area (Å²) < 4.78 is 0. The van der Waals surface area contributed by atoms with E-state index in [1.807, 2.05) is 34.6 Å². The summed E-state index contributed by atoms with van der Waals surface area (Å²) in [5.41, 5.74) is -0.346. The molecule has 0 heterocycles. The van der Waals surface area contributed by atoms with Crippen molar-refractivity contribution in [1.82, 2.24) is 0 Å². The highest BCUT2D eigenvalue weighted by Crippen LogP contribution is 2.45. The molecule has 3 unspecified atom stereocenters. The van der Waals surface area contributed by atoms with Crippen molar-refractivity contribution in [2.24, 2.45) is 29.1 Å². The molecule has 0 N–H and O–H groups in total. The van der Waals surface area contributed by atoms with Crippen LogP contribution >= 0.6 is 0 Å². The highest BCUT2D eigenvalue weighted by molar-refractivity contribution is 5.90. The topological polar surface area (TPSA) is 34.1 Å². The first-order chi connectivity index (χ1) is 7.19. The van der Waals surface area contributed by atoms with Gasteiger partial charge in [0.05, 0.1) is 0 Å². The van der Waals surface area contributed by atoms with Gasteiger partial charge >= 0.3 is 0 Å². The fourth-order valence-electron chi connectivity index (χ4n) is 2.79. The number of rotatable bonds is 2. The molecule has 1 aliphatic carbocycles. The molecule has 0 bridgehead atoms. The van der Waals surface area contributed by atoms with Gasteiger partial charge in [0.25, 0.3) is 0 Å². The Morgan fingerprint density at radius 1 is 1.31 bits per heavy atom. The van der Waals surface area contributed by atoms with Crippen molar-refractivity contribution >= 4 is 11.6 Å². The molecular formula is C14H24O2. The van der Waals surface area contributed by atoms with E-state index in [0.29, 0.717) is 18.0 Å². The van der Waals surface area contributed by atoms with Crippen LogP contribution in [0.25, 0.3) is 0 Å². The minimum Gasteiger partial charge on any atom is -0.299 e. The molecule has 2 heteroatoms. The van der Waals surface area contributed by atoms with Crippen LogP contribution in [0.4, 0.5) is 0 Å². The van der Waals surface area contributed by atoms with Crippen molar-refractivity contribution in [2.45, 2.75) is 48.0 Å². The van der Waals surface area contributed by atoms with Crippen molar-refractivity contribution in [3.05, 3.63) is 0 Å². The molecule has 0 radical (unpaired) electrons. The Morgan fingerprint density at radius 3 is 2.25 bits per heavy atom. The maximum atomic E-state index is 12.2. The average Bonchev–Trinajstić information content (AvgIpc) is 2.15. The summed E-state index contributed by atoms with van der Waals surface area (Å²) in [6.45, 7) is 11.9. The molecule has 92 valence electrons. The molecule has 1 fully saturated rings. The van der Waals surface area contributed by atoms with Crippen LogP contribution < -0.4 is 0 Å². The maximum Gasteiger partial charge on any atom is 0.139 e. The second-order valence-corrected chi connectivity index (χ2v) is 6.20. The van der Waals surface area contributed by atoms with E-state index in [2.05, 4.69) is 6.92 Å².